The lowest BCUT2D eigenvalue weighted by molar-refractivity contribution is -0.122. The second-order valence-corrected chi connectivity index (χ2v) is 3.89. The van der Waals surface area contributed by atoms with Gasteiger partial charge in [0.1, 0.15) is 6.04 Å². The van der Waals surface area contributed by atoms with Gasteiger partial charge in [0.05, 0.1) is 6.54 Å². The first-order valence-electron chi connectivity index (χ1n) is 5.90. The van der Waals surface area contributed by atoms with Gasteiger partial charge in [-0.3, -0.25) is 9.59 Å². The predicted molar refractivity (Wildman–Crippen MR) is 73.4 cm³/mol. The van der Waals surface area contributed by atoms with E-state index in [-0.39, 0.29) is 11.8 Å². The molecular weight excluding hydrogens is 242 g/mol. The minimum Gasteiger partial charge on any atom is -0.357 e. The molecule has 0 spiro atoms. The molecule has 0 aliphatic rings. The van der Waals surface area contributed by atoms with Crippen molar-refractivity contribution in [2.24, 2.45) is 5.73 Å². The lowest BCUT2D eigenvalue weighted by Crippen LogP contribution is -2.43. The largest absolute Gasteiger partial charge is 0.357 e. The molecule has 1 aromatic carbocycles. The molecule has 19 heavy (non-hydrogen) atoms. The van der Waals surface area contributed by atoms with E-state index in [0.717, 1.165) is 5.56 Å². The summed E-state index contributed by atoms with van der Waals surface area (Å²) >= 11 is 0. The third kappa shape index (κ3) is 4.45. The topological polar surface area (TPSA) is 84.2 Å². The highest BCUT2D eigenvalue weighted by Gasteiger charge is 2.14. The number of hydrogen-bond donors (Lipinski definition) is 3. The molecule has 0 saturated heterocycles. The lowest BCUT2D eigenvalue weighted by Gasteiger charge is -2.12. The van der Waals surface area contributed by atoms with Crippen LogP contribution in [0.5, 0.6) is 0 Å². The van der Waals surface area contributed by atoms with Gasteiger partial charge in [-0.25, -0.2) is 0 Å². The molecule has 0 aliphatic heterocycles. The second-order valence-electron chi connectivity index (χ2n) is 3.89. The van der Waals surface area contributed by atoms with Crippen LogP contribution in [0.1, 0.15) is 22.8 Å². The van der Waals surface area contributed by atoms with E-state index in [4.69, 9.17) is 5.73 Å². The molecule has 0 heterocycles. The predicted octanol–water partition coefficient (Wildman–Crippen LogP) is -0.139. The van der Waals surface area contributed by atoms with Crippen molar-refractivity contribution in [3.63, 3.8) is 0 Å². The minimum atomic E-state index is -0.575. The number of carbonyl (C=O) groups is 2. The average molecular weight is 259 g/mol. The Hall–Kier alpha value is -2.32. The summed E-state index contributed by atoms with van der Waals surface area (Å²) < 4.78 is 0. The van der Waals surface area contributed by atoms with Crippen molar-refractivity contribution < 1.29 is 9.59 Å². The fourth-order valence-electron chi connectivity index (χ4n) is 1.42. The number of nitrogens with two attached hydrogens (primary N) is 1. The molecule has 4 N–H and O–H groups in total. The van der Waals surface area contributed by atoms with Crippen LogP contribution in [-0.4, -0.2) is 31.4 Å². The van der Waals surface area contributed by atoms with Gasteiger partial charge < -0.3 is 16.4 Å². The van der Waals surface area contributed by atoms with Gasteiger partial charge in [0, 0.05) is 18.2 Å². The number of nitrogens with one attached hydrogen (secondary N) is 2. The van der Waals surface area contributed by atoms with Gasteiger partial charge in [-0.1, -0.05) is 11.8 Å². The molecule has 1 aromatic rings. The molecular formula is C14H17N3O2. The second kappa shape index (κ2) is 7.19. The molecule has 5 heteroatoms. The lowest BCUT2D eigenvalue weighted by atomic mass is 10.1. The van der Waals surface area contributed by atoms with Crippen molar-refractivity contribution in [3.8, 4) is 11.8 Å². The smallest absolute Gasteiger partial charge is 0.251 e. The number of amides is 2. The molecule has 0 fully saturated rings. The molecule has 1 rings (SSSR count). The maximum absolute atomic E-state index is 11.9. The van der Waals surface area contributed by atoms with Crippen LogP contribution in [0.3, 0.4) is 0 Å². The zero-order valence-electron chi connectivity index (χ0n) is 11.0. The molecule has 5 nitrogen and oxygen atoms in total. The van der Waals surface area contributed by atoms with Crippen LogP contribution in [0.25, 0.3) is 0 Å². The monoisotopic (exact) mass is 259 g/mol. The Morgan fingerprint density at radius 1 is 1.32 bits per heavy atom. The third-order valence-electron chi connectivity index (χ3n) is 2.47. The van der Waals surface area contributed by atoms with Crippen LogP contribution in [0.2, 0.25) is 0 Å². The Morgan fingerprint density at radius 3 is 2.47 bits per heavy atom. The molecule has 0 radical (unpaired) electrons. The number of carbonyl (C=O) groups excluding carboxylic acids is 2. The van der Waals surface area contributed by atoms with Crippen LogP contribution in [0, 0.1) is 11.8 Å². The number of likely N-dealkylation sites (N-methyl/N-ethyl adjacent to an activating group) is 1. The molecule has 0 bridgehead atoms. The Bertz CT molecular complexity index is 512. The van der Waals surface area contributed by atoms with Crippen molar-refractivity contribution in [3.05, 3.63) is 35.4 Å². The summed E-state index contributed by atoms with van der Waals surface area (Å²) in [6.07, 6.45) is 0. The first kappa shape index (κ1) is 14.7. The van der Waals surface area contributed by atoms with E-state index < -0.39 is 6.04 Å². The summed E-state index contributed by atoms with van der Waals surface area (Å²) in [6, 6.07) is 6.22. The Labute approximate surface area is 112 Å². The number of benzene rings is 1. The summed E-state index contributed by atoms with van der Waals surface area (Å²) in [7, 11) is 1.52. The zero-order chi connectivity index (χ0) is 14.3. The van der Waals surface area contributed by atoms with Crippen LogP contribution in [0.15, 0.2) is 24.3 Å². The summed E-state index contributed by atoms with van der Waals surface area (Å²) in [5.41, 5.74) is 6.55. The van der Waals surface area contributed by atoms with Gasteiger partial charge in [-0.2, -0.15) is 0 Å². The highest BCUT2D eigenvalue weighted by atomic mass is 16.2. The van der Waals surface area contributed by atoms with Crippen LogP contribution >= 0.6 is 0 Å². The van der Waals surface area contributed by atoms with Crippen LogP contribution in [-0.2, 0) is 4.79 Å². The molecule has 0 aromatic heterocycles. The van der Waals surface area contributed by atoms with E-state index >= 15 is 0 Å². The fourth-order valence-corrected chi connectivity index (χ4v) is 1.42. The van der Waals surface area contributed by atoms with Gasteiger partial charge in [0.2, 0.25) is 5.91 Å². The zero-order valence-corrected chi connectivity index (χ0v) is 11.0. The van der Waals surface area contributed by atoms with E-state index in [9.17, 15) is 9.59 Å². The van der Waals surface area contributed by atoms with Crippen molar-refractivity contribution in [2.45, 2.75) is 13.0 Å². The molecule has 0 aliphatic carbocycles. The first-order valence-corrected chi connectivity index (χ1v) is 5.90. The normalized spacial score (nSPS) is 10.9. The van der Waals surface area contributed by atoms with E-state index in [1.54, 1.807) is 31.2 Å². The maximum Gasteiger partial charge on any atom is 0.251 e. The molecule has 1 unspecified atom stereocenters. The average Bonchev–Trinajstić information content (AvgIpc) is 2.44. The van der Waals surface area contributed by atoms with Crippen LogP contribution < -0.4 is 16.4 Å². The number of rotatable bonds is 3. The SMILES string of the molecule is CNC(=O)C(C)NC(=O)c1ccc(C#CCN)cc1. The van der Waals surface area contributed by atoms with Crippen molar-refractivity contribution in [2.75, 3.05) is 13.6 Å². The number of hydrogen-bond acceptors (Lipinski definition) is 3. The quantitative estimate of drug-likeness (QED) is 0.661. The summed E-state index contributed by atoms with van der Waals surface area (Å²) in [6.45, 7) is 1.92. The van der Waals surface area contributed by atoms with Gasteiger partial charge in [0.25, 0.3) is 5.91 Å². The van der Waals surface area contributed by atoms with E-state index in [0.29, 0.717) is 12.1 Å². The van der Waals surface area contributed by atoms with Crippen LogP contribution in [0.4, 0.5) is 0 Å². The van der Waals surface area contributed by atoms with Crippen molar-refractivity contribution in [1.82, 2.24) is 10.6 Å². The molecule has 0 saturated carbocycles. The Morgan fingerprint density at radius 2 is 1.95 bits per heavy atom. The highest BCUT2D eigenvalue weighted by molar-refractivity contribution is 5.97. The van der Waals surface area contributed by atoms with Gasteiger partial charge >= 0.3 is 0 Å². The minimum absolute atomic E-state index is 0.237. The summed E-state index contributed by atoms with van der Waals surface area (Å²) in [5, 5.41) is 5.07. The van der Waals surface area contributed by atoms with E-state index in [2.05, 4.69) is 22.5 Å². The van der Waals surface area contributed by atoms with Gasteiger partial charge in [0.15, 0.2) is 0 Å². The first-order chi connectivity index (χ1) is 9.08. The van der Waals surface area contributed by atoms with Gasteiger partial charge in [-0.05, 0) is 31.2 Å². The van der Waals surface area contributed by atoms with E-state index in [1.165, 1.54) is 7.05 Å². The highest BCUT2D eigenvalue weighted by Crippen LogP contribution is 2.03. The fraction of sp³-hybridized carbons (Fsp3) is 0.286. The summed E-state index contributed by atoms with van der Waals surface area (Å²) in [5.74, 6) is 5.07. The van der Waals surface area contributed by atoms with E-state index in [1.807, 2.05) is 0 Å². The van der Waals surface area contributed by atoms with Gasteiger partial charge in [-0.15, -0.1) is 0 Å². The molecule has 1 atom stereocenters. The Kier molecular flexibility index (Phi) is 5.58. The van der Waals surface area contributed by atoms with Crippen molar-refractivity contribution in [1.29, 1.82) is 0 Å². The third-order valence-corrected chi connectivity index (χ3v) is 2.47. The summed E-state index contributed by atoms with van der Waals surface area (Å²) in [4.78, 5) is 23.1. The Balaban J connectivity index is 2.70. The van der Waals surface area contributed by atoms with Crippen molar-refractivity contribution >= 4 is 11.8 Å². The standard InChI is InChI=1S/C14H17N3O2/c1-10(13(18)16-2)17-14(19)12-7-5-11(6-8-12)4-3-9-15/h5-8,10H,9,15H2,1-2H3,(H,16,18)(H,17,19). The maximum atomic E-state index is 11.9. The molecule has 2 amide bonds. The molecule has 100 valence electrons.